The van der Waals surface area contributed by atoms with Crippen LogP contribution in [0.25, 0.3) is 0 Å². The molecule has 0 spiro atoms. The van der Waals surface area contributed by atoms with Gasteiger partial charge in [-0.2, -0.15) is 0 Å². The Balaban J connectivity index is 1.80. The van der Waals surface area contributed by atoms with Gasteiger partial charge in [-0.1, -0.05) is 17.7 Å². The number of aliphatic hydroxyl groups excluding tert-OH is 1. The minimum Gasteiger partial charge on any atom is -0.490 e. The Morgan fingerprint density at radius 1 is 1.19 bits per heavy atom. The zero-order chi connectivity index (χ0) is 14.7. The van der Waals surface area contributed by atoms with Crippen molar-refractivity contribution in [3.05, 3.63) is 52.8 Å². The molecule has 0 saturated heterocycles. The molecule has 3 rings (SSSR count). The number of benzene rings is 1. The standard InChI is InChI=1S/C16H16ClNO3/c17-13-10-18-5-4-11(13)8-14(19)12-2-3-15-16(9-12)21-7-1-6-20-15/h2-5,9-10,14,19H,1,6-8H2. The van der Waals surface area contributed by atoms with Gasteiger partial charge in [-0.3, -0.25) is 4.98 Å². The van der Waals surface area contributed by atoms with Crippen LogP contribution in [0.2, 0.25) is 5.02 Å². The number of nitrogens with zero attached hydrogens (tertiary/aromatic N) is 1. The van der Waals surface area contributed by atoms with E-state index in [1.54, 1.807) is 12.4 Å². The Morgan fingerprint density at radius 2 is 2.00 bits per heavy atom. The predicted octanol–water partition coefficient (Wildman–Crippen LogP) is 3.17. The first-order chi connectivity index (χ1) is 10.2. The molecule has 0 saturated carbocycles. The lowest BCUT2D eigenvalue weighted by Gasteiger charge is -2.14. The third-order valence-electron chi connectivity index (χ3n) is 3.43. The summed E-state index contributed by atoms with van der Waals surface area (Å²) in [5.41, 5.74) is 1.65. The molecule has 1 aromatic heterocycles. The van der Waals surface area contributed by atoms with Crippen molar-refractivity contribution < 1.29 is 14.6 Å². The molecule has 0 fully saturated rings. The number of hydrogen-bond acceptors (Lipinski definition) is 4. The van der Waals surface area contributed by atoms with Crippen molar-refractivity contribution in [3.8, 4) is 11.5 Å². The molecule has 0 radical (unpaired) electrons. The molecule has 2 aromatic rings. The average Bonchev–Trinajstić information content (AvgIpc) is 2.74. The quantitative estimate of drug-likeness (QED) is 0.946. The number of pyridine rings is 1. The van der Waals surface area contributed by atoms with Crippen LogP contribution in [0.1, 0.15) is 23.7 Å². The van der Waals surface area contributed by atoms with Crippen molar-refractivity contribution in [1.29, 1.82) is 0 Å². The molecule has 1 N–H and O–H groups in total. The van der Waals surface area contributed by atoms with E-state index in [0.29, 0.717) is 30.4 Å². The Bertz CT molecular complexity index is 633. The van der Waals surface area contributed by atoms with Gasteiger partial charge < -0.3 is 14.6 Å². The van der Waals surface area contributed by atoms with Gasteiger partial charge >= 0.3 is 0 Å². The topological polar surface area (TPSA) is 51.6 Å². The third kappa shape index (κ3) is 3.28. The van der Waals surface area contributed by atoms with E-state index in [1.165, 1.54) is 0 Å². The van der Waals surface area contributed by atoms with Gasteiger partial charge in [0.1, 0.15) is 0 Å². The van der Waals surface area contributed by atoms with Crippen molar-refractivity contribution in [2.75, 3.05) is 13.2 Å². The summed E-state index contributed by atoms with van der Waals surface area (Å²) in [4.78, 5) is 3.94. The van der Waals surface area contributed by atoms with Crippen LogP contribution in [0, 0.1) is 0 Å². The first kappa shape index (κ1) is 14.2. The smallest absolute Gasteiger partial charge is 0.161 e. The summed E-state index contributed by atoms with van der Waals surface area (Å²) in [5.74, 6) is 1.41. The van der Waals surface area contributed by atoms with Crippen molar-refractivity contribution in [1.82, 2.24) is 4.98 Å². The summed E-state index contributed by atoms with van der Waals surface area (Å²) in [7, 11) is 0. The minimum atomic E-state index is -0.651. The molecule has 1 unspecified atom stereocenters. The number of fused-ring (bicyclic) bond motifs is 1. The molecule has 1 aromatic carbocycles. The van der Waals surface area contributed by atoms with Crippen molar-refractivity contribution in [3.63, 3.8) is 0 Å². The zero-order valence-electron chi connectivity index (χ0n) is 11.5. The molecule has 0 amide bonds. The van der Waals surface area contributed by atoms with E-state index in [9.17, 15) is 5.11 Å². The number of aliphatic hydroxyl groups is 1. The molecule has 1 aliphatic rings. The molecule has 2 heterocycles. The van der Waals surface area contributed by atoms with Crippen LogP contribution in [0.4, 0.5) is 0 Å². The van der Waals surface area contributed by atoms with Crippen LogP contribution < -0.4 is 9.47 Å². The van der Waals surface area contributed by atoms with E-state index in [4.69, 9.17) is 21.1 Å². The largest absolute Gasteiger partial charge is 0.490 e. The van der Waals surface area contributed by atoms with Crippen molar-refractivity contribution in [2.45, 2.75) is 18.9 Å². The zero-order valence-corrected chi connectivity index (χ0v) is 12.2. The first-order valence-electron chi connectivity index (χ1n) is 6.90. The average molecular weight is 306 g/mol. The Labute approximate surface area is 128 Å². The van der Waals surface area contributed by atoms with Gasteiger partial charge in [0, 0.05) is 25.2 Å². The van der Waals surface area contributed by atoms with Gasteiger partial charge in [0.25, 0.3) is 0 Å². The van der Waals surface area contributed by atoms with Crippen LogP contribution in [0.5, 0.6) is 11.5 Å². The van der Waals surface area contributed by atoms with E-state index < -0.39 is 6.10 Å². The molecule has 1 aliphatic heterocycles. The molecule has 21 heavy (non-hydrogen) atoms. The van der Waals surface area contributed by atoms with Crippen LogP contribution in [-0.2, 0) is 6.42 Å². The highest BCUT2D eigenvalue weighted by molar-refractivity contribution is 6.31. The number of rotatable bonds is 3. The highest BCUT2D eigenvalue weighted by Crippen LogP contribution is 2.33. The molecule has 0 bridgehead atoms. The van der Waals surface area contributed by atoms with Gasteiger partial charge in [0.2, 0.25) is 0 Å². The maximum Gasteiger partial charge on any atom is 0.161 e. The Kier molecular flexibility index (Phi) is 4.27. The summed E-state index contributed by atoms with van der Waals surface area (Å²) in [6, 6.07) is 7.34. The fourth-order valence-corrected chi connectivity index (χ4v) is 2.48. The van der Waals surface area contributed by atoms with Gasteiger partial charge in [0.05, 0.1) is 24.3 Å². The van der Waals surface area contributed by atoms with Gasteiger partial charge in [0.15, 0.2) is 11.5 Å². The van der Waals surface area contributed by atoms with Crippen LogP contribution in [0.3, 0.4) is 0 Å². The van der Waals surface area contributed by atoms with Crippen LogP contribution >= 0.6 is 11.6 Å². The summed E-state index contributed by atoms with van der Waals surface area (Å²) >= 11 is 6.07. The predicted molar refractivity (Wildman–Crippen MR) is 80.0 cm³/mol. The maximum absolute atomic E-state index is 10.4. The third-order valence-corrected chi connectivity index (χ3v) is 3.77. The van der Waals surface area contributed by atoms with Crippen molar-refractivity contribution >= 4 is 11.6 Å². The highest BCUT2D eigenvalue weighted by atomic mass is 35.5. The summed E-state index contributed by atoms with van der Waals surface area (Å²) < 4.78 is 11.2. The van der Waals surface area contributed by atoms with E-state index in [0.717, 1.165) is 23.3 Å². The van der Waals surface area contributed by atoms with E-state index >= 15 is 0 Å². The molecular formula is C16H16ClNO3. The number of halogens is 1. The van der Waals surface area contributed by atoms with Crippen LogP contribution in [0.15, 0.2) is 36.7 Å². The van der Waals surface area contributed by atoms with Crippen LogP contribution in [-0.4, -0.2) is 23.3 Å². The lowest BCUT2D eigenvalue weighted by molar-refractivity contribution is 0.178. The number of hydrogen-bond donors (Lipinski definition) is 1. The second-order valence-corrected chi connectivity index (χ2v) is 5.35. The summed E-state index contributed by atoms with van der Waals surface area (Å²) in [6.45, 7) is 1.28. The van der Waals surface area contributed by atoms with Crippen molar-refractivity contribution in [2.24, 2.45) is 0 Å². The SMILES string of the molecule is OC(Cc1ccncc1Cl)c1ccc2c(c1)OCCCO2. The lowest BCUT2D eigenvalue weighted by Crippen LogP contribution is -2.03. The molecular weight excluding hydrogens is 290 g/mol. The molecule has 0 aliphatic carbocycles. The molecule has 4 nitrogen and oxygen atoms in total. The van der Waals surface area contributed by atoms with E-state index in [1.807, 2.05) is 24.3 Å². The molecule has 5 heteroatoms. The molecule has 110 valence electrons. The fourth-order valence-electron chi connectivity index (χ4n) is 2.28. The summed E-state index contributed by atoms with van der Waals surface area (Å²) in [6.07, 6.45) is 3.89. The lowest BCUT2D eigenvalue weighted by atomic mass is 10.0. The normalized spacial score (nSPS) is 15.3. The monoisotopic (exact) mass is 305 g/mol. The Hall–Kier alpha value is -1.78. The maximum atomic E-state index is 10.4. The number of aromatic nitrogens is 1. The first-order valence-corrected chi connectivity index (χ1v) is 7.28. The van der Waals surface area contributed by atoms with Gasteiger partial charge in [-0.05, 0) is 29.3 Å². The van der Waals surface area contributed by atoms with E-state index in [2.05, 4.69) is 4.98 Å². The Morgan fingerprint density at radius 3 is 2.81 bits per heavy atom. The number of ether oxygens (including phenoxy) is 2. The summed E-state index contributed by atoms with van der Waals surface area (Å²) in [5, 5.41) is 11.0. The second-order valence-electron chi connectivity index (χ2n) is 4.94. The minimum absolute atomic E-state index is 0.432. The van der Waals surface area contributed by atoms with Gasteiger partial charge in [-0.25, -0.2) is 0 Å². The molecule has 1 atom stereocenters. The van der Waals surface area contributed by atoms with Gasteiger partial charge in [-0.15, -0.1) is 0 Å². The fraction of sp³-hybridized carbons (Fsp3) is 0.312. The second kappa shape index (κ2) is 6.33. The highest BCUT2D eigenvalue weighted by Gasteiger charge is 2.16. The van der Waals surface area contributed by atoms with E-state index in [-0.39, 0.29) is 0 Å².